The normalized spacial score (nSPS) is 9.89. The van der Waals surface area contributed by atoms with Crippen LogP contribution in [0, 0.1) is 5.82 Å². The van der Waals surface area contributed by atoms with E-state index in [2.05, 4.69) is 5.32 Å². The highest BCUT2D eigenvalue weighted by Gasteiger charge is 2.05. The molecule has 2 rings (SSSR count). The Morgan fingerprint density at radius 2 is 1.78 bits per heavy atom. The van der Waals surface area contributed by atoms with Gasteiger partial charge in [-0.3, -0.25) is 4.79 Å². The van der Waals surface area contributed by atoms with Crippen LogP contribution in [0.1, 0.15) is 10.4 Å². The number of nitrogens with one attached hydrogen (secondary N) is 1. The van der Waals surface area contributed by atoms with Gasteiger partial charge in [0.25, 0.3) is 5.91 Å². The fourth-order valence-corrected chi connectivity index (χ4v) is 1.47. The Morgan fingerprint density at radius 3 is 2.39 bits per heavy atom. The summed E-state index contributed by atoms with van der Waals surface area (Å²) in [5.41, 5.74) is 0.526. The van der Waals surface area contributed by atoms with E-state index in [1.54, 1.807) is 49.5 Å². The Hall–Kier alpha value is -2.36. The van der Waals surface area contributed by atoms with E-state index in [4.69, 9.17) is 4.74 Å². The van der Waals surface area contributed by atoms with Crippen molar-refractivity contribution >= 4 is 5.91 Å². The van der Waals surface area contributed by atoms with Crippen molar-refractivity contribution in [3.8, 4) is 11.5 Å². The predicted octanol–water partition coefficient (Wildman–Crippen LogP) is 2.98. The van der Waals surface area contributed by atoms with E-state index in [1.807, 2.05) is 0 Å². The minimum atomic E-state index is -0.423. The monoisotopic (exact) mass is 245 g/mol. The topological polar surface area (TPSA) is 38.3 Å². The summed E-state index contributed by atoms with van der Waals surface area (Å²) in [6.45, 7) is 0. The lowest BCUT2D eigenvalue weighted by Crippen LogP contribution is -2.17. The highest BCUT2D eigenvalue weighted by Crippen LogP contribution is 2.24. The molecule has 18 heavy (non-hydrogen) atoms. The Bertz CT molecular complexity index is 552. The minimum Gasteiger partial charge on any atom is -0.454 e. The zero-order valence-corrected chi connectivity index (χ0v) is 9.81. The van der Waals surface area contributed by atoms with Crippen molar-refractivity contribution in [2.24, 2.45) is 0 Å². The fourth-order valence-electron chi connectivity index (χ4n) is 1.47. The molecule has 0 unspecified atom stereocenters. The van der Waals surface area contributed by atoms with Gasteiger partial charge in [0.05, 0.1) is 0 Å². The minimum absolute atomic E-state index is 0.158. The second kappa shape index (κ2) is 5.31. The number of hydrogen-bond donors (Lipinski definition) is 1. The predicted molar refractivity (Wildman–Crippen MR) is 66.3 cm³/mol. The molecule has 0 saturated heterocycles. The van der Waals surface area contributed by atoms with Gasteiger partial charge in [-0.15, -0.1) is 0 Å². The summed E-state index contributed by atoms with van der Waals surface area (Å²) in [4.78, 5) is 11.3. The van der Waals surface area contributed by atoms with E-state index in [0.717, 1.165) is 0 Å². The highest BCUT2D eigenvalue weighted by molar-refractivity contribution is 5.94. The first-order chi connectivity index (χ1) is 8.70. The number of carbonyl (C=O) groups is 1. The van der Waals surface area contributed by atoms with Crippen LogP contribution in [0.3, 0.4) is 0 Å². The molecule has 92 valence electrons. The molecule has 4 heteroatoms. The van der Waals surface area contributed by atoms with Crippen LogP contribution in [0.2, 0.25) is 0 Å². The molecule has 0 spiro atoms. The Morgan fingerprint density at radius 1 is 1.11 bits per heavy atom. The van der Waals surface area contributed by atoms with Gasteiger partial charge >= 0.3 is 0 Å². The van der Waals surface area contributed by atoms with Crippen molar-refractivity contribution in [2.75, 3.05) is 7.05 Å². The number of halogens is 1. The van der Waals surface area contributed by atoms with Crippen LogP contribution in [0.5, 0.6) is 11.5 Å². The van der Waals surface area contributed by atoms with Crippen molar-refractivity contribution in [1.82, 2.24) is 5.32 Å². The standard InChI is InChI=1S/C14H12FNO2/c1-16-14(17)10-6-8-11(9-7-10)18-13-5-3-2-4-12(13)15/h2-9H,1H3,(H,16,17). The Labute approximate surface area is 104 Å². The van der Waals surface area contributed by atoms with Gasteiger partial charge in [0.1, 0.15) is 5.75 Å². The van der Waals surface area contributed by atoms with Gasteiger partial charge in [0, 0.05) is 12.6 Å². The van der Waals surface area contributed by atoms with Crippen molar-refractivity contribution in [3.05, 3.63) is 59.9 Å². The van der Waals surface area contributed by atoms with E-state index in [0.29, 0.717) is 11.3 Å². The molecule has 0 aliphatic carbocycles. The fraction of sp³-hybridized carbons (Fsp3) is 0.0714. The second-order valence-electron chi connectivity index (χ2n) is 3.64. The third-order valence-corrected chi connectivity index (χ3v) is 2.41. The molecule has 0 radical (unpaired) electrons. The van der Waals surface area contributed by atoms with Gasteiger partial charge in [-0.25, -0.2) is 4.39 Å². The van der Waals surface area contributed by atoms with Crippen LogP contribution >= 0.6 is 0 Å². The average Bonchev–Trinajstić information content (AvgIpc) is 2.41. The van der Waals surface area contributed by atoms with Crippen molar-refractivity contribution in [3.63, 3.8) is 0 Å². The molecule has 0 atom stereocenters. The number of amides is 1. The van der Waals surface area contributed by atoms with E-state index < -0.39 is 5.82 Å². The molecule has 0 fully saturated rings. The number of ether oxygens (including phenoxy) is 1. The van der Waals surface area contributed by atoms with Crippen LogP contribution in [-0.4, -0.2) is 13.0 Å². The second-order valence-corrected chi connectivity index (χ2v) is 3.64. The number of para-hydroxylation sites is 1. The lowest BCUT2D eigenvalue weighted by atomic mass is 10.2. The maximum Gasteiger partial charge on any atom is 0.251 e. The largest absolute Gasteiger partial charge is 0.454 e. The summed E-state index contributed by atoms with van der Waals surface area (Å²) in [5.74, 6) is 0.0401. The quantitative estimate of drug-likeness (QED) is 0.902. The zero-order valence-electron chi connectivity index (χ0n) is 9.81. The molecule has 0 aromatic heterocycles. The van der Waals surface area contributed by atoms with Gasteiger partial charge in [-0.2, -0.15) is 0 Å². The summed E-state index contributed by atoms with van der Waals surface area (Å²) in [5, 5.41) is 2.52. The van der Waals surface area contributed by atoms with Crippen LogP contribution in [-0.2, 0) is 0 Å². The Kier molecular flexibility index (Phi) is 3.57. The van der Waals surface area contributed by atoms with E-state index in [1.165, 1.54) is 6.07 Å². The van der Waals surface area contributed by atoms with Gasteiger partial charge in [0.2, 0.25) is 0 Å². The summed E-state index contributed by atoms with van der Waals surface area (Å²) in [7, 11) is 1.56. The SMILES string of the molecule is CNC(=O)c1ccc(Oc2ccccc2F)cc1. The number of rotatable bonds is 3. The third-order valence-electron chi connectivity index (χ3n) is 2.41. The van der Waals surface area contributed by atoms with Crippen molar-refractivity contribution < 1.29 is 13.9 Å². The average molecular weight is 245 g/mol. The van der Waals surface area contributed by atoms with Gasteiger partial charge < -0.3 is 10.1 Å². The molecular weight excluding hydrogens is 233 g/mol. The van der Waals surface area contributed by atoms with Gasteiger partial charge in [-0.1, -0.05) is 12.1 Å². The van der Waals surface area contributed by atoms with E-state index in [-0.39, 0.29) is 11.7 Å². The molecular formula is C14H12FNO2. The number of benzene rings is 2. The smallest absolute Gasteiger partial charge is 0.251 e. The molecule has 0 aliphatic heterocycles. The molecule has 1 amide bonds. The lowest BCUT2D eigenvalue weighted by molar-refractivity contribution is 0.0963. The van der Waals surface area contributed by atoms with Crippen molar-refractivity contribution in [1.29, 1.82) is 0 Å². The molecule has 0 bridgehead atoms. The first kappa shape index (κ1) is 12.1. The number of hydrogen-bond acceptors (Lipinski definition) is 2. The number of carbonyl (C=O) groups excluding carboxylic acids is 1. The lowest BCUT2D eigenvalue weighted by Gasteiger charge is -2.07. The maximum atomic E-state index is 13.3. The summed E-state index contributed by atoms with van der Waals surface area (Å²) >= 11 is 0. The Balaban J connectivity index is 2.16. The van der Waals surface area contributed by atoms with Gasteiger partial charge in [0.15, 0.2) is 11.6 Å². The first-order valence-electron chi connectivity index (χ1n) is 5.45. The molecule has 0 heterocycles. The van der Waals surface area contributed by atoms with Crippen LogP contribution in [0.4, 0.5) is 4.39 Å². The summed E-state index contributed by atoms with van der Waals surface area (Å²) < 4.78 is 18.7. The van der Waals surface area contributed by atoms with Crippen LogP contribution in [0.25, 0.3) is 0 Å². The summed E-state index contributed by atoms with van der Waals surface area (Å²) in [6, 6.07) is 12.6. The van der Waals surface area contributed by atoms with E-state index >= 15 is 0 Å². The molecule has 1 N–H and O–H groups in total. The van der Waals surface area contributed by atoms with Gasteiger partial charge in [-0.05, 0) is 36.4 Å². The molecule has 3 nitrogen and oxygen atoms in total. The van der Waals surface area contributed by atoms with Crippen LogP contribution < -0.4 is 10.1 Å². The molecule has 2 aromatic carbocycles. The first-order valence-corrected chi connectivity index (χ1v) is 5.45. The van der Waals surface area contributed by atoms with E-state index in [9.17, 15) is 9.18 Å². The van der Waals surface area contributed by atoms with Crippen LogP contribution in [0.15, 0.2) is 48.5 Å². The molecule has 0 aliphatic rings. The molecule has 0 saturated carbocycles. The maximum absolute atomic E-state index is 13.3. The molecule has 2 aromatic rings. The third kappa shape index (κ3) is 2.66. The van der Waals surface area contributed by atoms with Crippen molar-refractivity contribution in [2.45, 2.75) is 0 Å². The highest BCUT2D eigenvalue weighted by atomic mass is 19.1. The zero-order chi connectivity index (χ0) is 13.0. The summed E-state index contributed by atoms with van der Waals surface area (Å²) in [6.07, 6.45) is 0.